The van der Waals surface area contributed by atoms with E-state index in [2.05, 4.69) is 38.5 Å². The largest absolute Gasteiger partial charge is 0.490 e. The van der Waals surface area contributed by atoms with Crippen molar-refractivity contribution in [2.45, 2.75) is 25.9 Å². The van der Waals surface area contributed by atoms with Gasteiger partial charge in [0.2, 0.25) is 0 Å². The Bertz CT molecular complexity index is 1150. The van der Waals surface area contributed by atoms with Crippen molar-refractivity contribution in [3.05, 3.63) is 62.9 Å². The van der Waals surface area contributed by atoms with Crippen molar-refractivity contribution in [3.8, 4) is 5.75 Å². The van der Waals surface area contributed by atoms with Gasteiger partial charge in [0.15, 0.2) is 0 Å². The molecule has 8 heteroatoms. The van der Waals surface area contributed by atoms with Gasteiger partial charge in [-0.2, -0.15) is 0 Å². The number of anilines is 2. The molecule has 0 bridgehead atoms. The average molecular weight is 486 g/mol. The number of amides is 2. The number of carbonyl (C=O) groups is 1. The van der Waals surface area contributed by atoms with Gasteiger partial charge in [0, 0.05) is 34.2 Å². The summed E-state index contributed by atoms with van der Waals surface area (Å²) in [5, 5.41) is 5.97. The SMILES string of the molecule is Cc1c(OC2CCN(C)CC2)ccc2cc(NC(=O)Nc3ccc(Br)cc3)c(=O)oc12. The second kappa shape index (κ2) is 9.11. The molecule has 1 saturated heterocycles. The first-order valence-electron chi connectivity index (χ1n) is 10.2. The quantitative estimate of drug-likeness (QED) is 0.509. The molecule has 1 aliphatic rings. The molecule has 1 aromatic heterocycles. The van der Waals surface area contributed by atoms with Crippen LogP contribution in [-0.4, -0.2) is 37.2 Å². The number of nitrogens with one attached hydrogen (secondary N) is 2. The Morgan fingerprint density at radius 3 is 2.55 bits per heavy atom. The third kappa shape index (κ3) is 5.08. The van der Waals surface area contributed by atoms with Crippen LogP contribution in [0.15, 0.2) is 56.1 Å². The van der Waals surface area contributed by atoms with Crippen LogP contribution in [0.25, 0.3) is 11.0 Å². The summed E-state index contributed by atoms with van der Waals surface area (Å²) < 4.78 is 12.6. The first-order valence-corrected chi connectivity index (χ1v) is 10.9. The number of halogens is 1. The molecule has 2 heterocycles. The van der Waals surface area contributed by atoms with Crippen molar-refractivity contribution >= 4 is 44.3 Å². The summed E-state index contributed by atoms with van der Waals surface area (Å²) >= 11 is 3.35. The minimum absolute atomic E-state index is 0.0745. The van der Waals surface area contributed by atoms with E-state index in [1.807, 2.05) is 31.2 Å². The lowest BCUT2D eigenvalue weighted by Gasteiger charge is -2.29. The van der Waals surface area contributed by atoms with Gasteiger partial charge in [0.1, 0.15) is 23.1 Å². The highest BCUT2D eigenvalue weighted by Crippen LogP contribution is 2.30. The zero-order valence-electron chi connectivity index (χ0n) is 17.4. The second-order valence-corrected chi connectivity index (χ2v) is 8.68. The number of hydrogen-bond donors (Lipinski definition) is 2. The van der Waals surface area contributed by atoms with Gasteiger partial charge in [-0.1, -0.05) is 15.9 Å². The molecule has 0 unspecified atom stereocenters. The predicted molar refractivity (Wildman–Crippen MR) is 125 cm³/mol. The Morgan fingerprint density at radius 1 is 1.13 bits per heavy atom. The van der Waals surface area contributed by atoms with Gasteiger partial charge < -0.3 is 24.7 Å². The summed E-state index contributed by atoms with van der Waals surface area (Å²) in [5.41, 5.74) is 1.31. The van der Waals surface area contributed by atoms with E-state index in [4.69, 9.17) is 9.15 Å². The Morgan fingerprint density at radius 2 is 1.84 bits per heavy atom. The van der Waals surface area contributed by atoms with Crippen molar-refractivity contribution < 1.29 is 13.9 Å². The van der Waals surface area contributed by atoms with E-state index in [-0.39, 0.29) is 11.8 Å². The smallest absolute Gasteiger partial charge is 0.360 e. The summed E-state index contributed by atoms with van der Waals surface area (Å²) in [5.74, 6) is 0.721. The minimum atomic E-state index is -0.613. The van der Waals surface area contributed by atoms with Crippen LogP contribution < -0.4 is 21.0 Å². The molecule has 7 nitrogen and oxygen atoms in total. The molecule has 0 saturated carbocycles. The van der Waals surface area contributed by atoms with Gasteiger partial charge in [0.05, 0.1) is 0 Å². The van der Waals surface area contributed by atoms with Crippen LogP contribution in [0.5, 0.6) is 5.75 Å². The molecule has 31 heavy (non-hydrogen) atoms. The topological polar surface area (TPSA) is 83.8 Å². The third-order valence-electron chi connectivity index (χ3n) is 5.41. The second-order valence-electron chi connectivity index (χ2n) is 7.76. The van der Waals surface area contributed by atoms with E-state index in [0.29, 0.717) is 16.7 Å². The number of nitrogens with zero attached hydrogens (tertiary/aromatic N) is 1. The van der Waals surface area contributed by atoms with Crippen molar-refractivity contribution in [3.63, 3.8) is 0 Å². The first-order chi connectivity index (χ1) is 14.9. The number of rotatable bonds is 4. The molecule has 0 aliphatic carbocycles. The molecule has 0 spiro atoms. The summed E-state index contributed by atoms with van der Waals surface area (Å²) in [4.78, 5) is 27.1. The number of piperidine rings is 1. The lowest BCUT2D eigenvalue weighted by atomic mass is 10.1. The molecule has 3 aromatic rings. The molecule has 162 valence electrons. The maximum Gasteiger partial charge on any atom is 0.360 e. The lowest BCUT2D eigenvalue weighted by Crippen LogP contribution is -2.35. The fourth-order valence-electron chi connectivity index (χ4n) is 3.62. The zero-order chi connectivity index (χ0) is 22.0. The molecule has 2 amide bonds. The summed E-state index contributed by atoms with van der Waals surface area (Å²) in [6.45, 7) is 3.89. The fraction of sp³-hybridized carbons (Fsp3) is 0.304. The van der Waals surface area contributed by atoms with Crippen LogP contribution in [0.1, 0.15) is 18.4 Å². The number of likely N-dealkylation sites (tertiary alicyclic amines) is 1. The van der Waals surface area contributed by atoms with Crippen molar-refractivity contribution in [2.24, 2.45) is 0 Å². The number of carbonyl (C=O) groups excluding carboxylic acids is 1. The van der Waals surface area contributed by atoms with Crippen LogP contribution in [0.4, 0.5) is 16.2 Å². The van der Waals surface area contributed by atoms with Crippen LogP contribution >= 0.6 is 15.9 Å². The van der Waals surface area contributed by atoms with Gasteiger partial charge >= 0.3 is 11.7 Å². The number of aryl methyl sites for hydroxylation is 1. The van der Waals surface area contributed by atoms with Crippen molar-refractivity contribution in [1.29, 1.82) is 0 Å². The number of ether oxygens (including phenoxy) is 1. The number of benzene rings is 2. The van der Waals surface area contributed by atoms with E-state index in [0.717, 1.165) is 41.7 Å². The standard InChI is InChI=1S/C23H24BrN3O4/c1-14-20(30-18-9-11-27(2)12-10-18)8-3-15-13-19(22(28)31-21(14)15)26-23(29)25-17-6-4-16(24)5-7-17/h3-8,13,18H,9-12H2,1-2H3,(H2,25,26,29). The molecule has 0 radical (unpaired) electrons. The Balaban J connectivity index is 1.51. The van der Waals surface area contributed by atoms with E-state index in [9.17, 15) is 9.59 Å². The van der Waals surface area contributed by atoms with E-state index in [1.165, 1.54) is 0 Å². The third-order valence-corrected chi connectivity index (χ3v) is 5.94. The van der Waals surface area contributed by atoms with Crippen LogP contribution in [0.3, 0.4) is 0 Å². The highest BCUT2D eigenvalue weighted by atomic mass is 79.9. The maximum absolute atomic E-state index is 12.5. The monoisotopic (exact) mass is 485 g/mol. The van der Waals surface area contributed by atoms with Gasteiger partial charge in [-0.3, -0.25) is 0 Å². The molecule has 2 aromatic carbocycles. The number of urea groups is 1. The molecule has 0 atom stereocenters. The normalized spacial score (nSPS) is 15.1. The Labute approximate surface area is 188 Å². The minimum Gasteiger partial charge on any atom is -0.490 e. The summed E-state index contributed by atoms with van der Waals surface area (Å²) in [6.07, 6.45) is 2.09. The van der Waals surface area contributed by atoms with Gasteiger partial charge in [0.25, 0.3) is 0 Å². The highest BCUT2D eigenvalue weighted by molar-refractivity contribution is 9.10. The molecule has 1 fully saturated rings. The lowest BCUT2D eigenvalue weighted by molar-refractivity contribution is 0.113. The molecular formula is C23H24BrN3O4. The number of fused-ring (bicyclic) bond motifs is 1. The molecule has 2 N–H and O–H groups in total. The van der Waals surface area contributed by atoms with Crippen molar-refractivity contribution in [1.82, 2.24) is 4.90 Å². The Hall–Kier alpha value is -2.84. The Kier molecular flexibility index (Phi) is 6.29. The van der Waals surface area contributed by atoms with Gasteiger partial charge in [-0.05, 0) is 69.3 Å². The number of hydrogen-bond acceptors (Lipinski definition) is 5. The summed E-state index contributed by atoms with van der Waals surface area (Å²) in [7, 11) is 2.11. The first kappa shape index (κ1) is 21.4. The maximum atomic E-state index is 12.5. The van der Waals surface area contributed by atoms with Crippen molar-refractivity contribution in [2.75, 3.05) is 30.8 Å². The molecule has 1 aliphatic heterocycles. The van der Waals surface area contributed by atoms with Gasteiger partial charge in [-0.25, -0.2) is 9.59 Å². The summed E-state index contributed by atoms with van der Waals surface area (Å²) in [6, 6.07) is 12.0. The van der Waals surface area contributed by atoms with Crippen LogP contribution in [0.2, 0.25) is 0 Å². The average Bonchev–Trinajstić information content (AvgIpc) is 2.74. The van der Waals surface area contributed by atoms with Crippen LogP contribution in [0, 0.1) is 6.92 Å². The van der Waals surface area contributed by atoms with E-state index in [1.54, 1.807) is 18.2 Å². The molecule has 4 rings (SSSR count). The van der Waals surface area contributed by atoms with Crippen LogP contribution in [-0.2, 0) is 0 Å². The zero-order valence-corrected chi connectivity index (χ0v) is 19.0. The van der Waals surface area contributed by atoms with Gasteiger partial charge in [-0.15, -0.1) is 0 Å². The van der Waals surface area contributed by atoms with E-state index < -0.39 is 11.7 Å². The van der Waals surface area contributed by atoms with E-state index >= 15 is 0 Å². The predicted octanol–water partition coefficient (Wildman–Crippen LogP) is 4.98. The fourth-order valence-corrected chi connectivity index (χ4v) is 3.89. The molecular weight excluding hydrogens is 462 g/mol. The highest BCUT2D eigenvalue weighted by Gasteiger charge is 2.20.